The van der Waals surface area contributed by atoms with E-state index in [0.29, 0.717) is 0 Å². The van der Waals surface area contributed by atoms with Gasteiger partial charge in [0.25, 0.3) is 0 Å². The van der Waals surface area contributed by atoms with Crippen molar-refractivity contribution in [3.63, 3.8) is 0 Å². The predicted molar refractivity (Wildman–Crippen MR) is 95.6 cm³/mol. The third-order valence-corrected chi connectivity index (χ3v) is 5.32. The Hall–Kier alpha value is -1.39. The zero-order valence-corrected chi connectivity index (χ0v) is 14.7. The number of pyridine rings is 1. The standard InChI is InChI=1S/C17H14Br2N2/c1-11-4-7-16(13-3-2-8-20-17(11)13)21-10-12-5-6-14(18)15(19)9-12/h2-9,21H,10H2,1H3. The van der Waals surface area contributed by atoms with Crippen LogP contribution in [-0.4, -0.2) is 4.98 Å². The van der Waals surface area contributed by atoms with E-state index >= 15 is 0 Å². The second-order valence-corrected chi connectivity index (χ2v) is 6.64. The molecule has 21 heavy (non-hydrogen) atoms. The summed E-state index contributed by atoms with van der Waals surface area (Å²) in [5.74, 6) is 0. The maximum Gasteiger partial charge on any atom is 0.0751 e. The van der Waals surface area contributed by atoms with E-state index in [0.717, 1.165) is 32.1 Å². The molecule has 106 valence electrons. The van der Waals surface area contributed by atoms with Crippen molar-refractivity contribution in [1.82, 2.24) is 4.98 Å². The number of hydrogen-bond donors (Lipinski definition) is 1. The molecule has 2 aromatic carbocycles. The van der Waals surface area contributed by atoms with Crippen molar-refractivity contribution in [2.24, 2.45) is 0 Å². The Labute approximate surface area is 140 Å². The van der Waals surface area contributed by atoms with Crippen LogP contribution in [0.15, 0.2) is 57.6 Å². The lowest BCUT2D eigenvalue weighted by Crippen LogP contribution is -2.00. The van der Waals surface area contributed by atoms with Crippen molar-refractivity contribution in [3.05, 3.63) is 68.7 Å². The average molecular weight is 406 g/mol. The van der Waals surface area contributed by atoms with Crippen LogP contribution in [0.1, 0.15) is 11.1 Å². The molecule has 0 saturated carbocycles. The van der Waals surface area contributed by atoms with Crippen molar-refractivity contribution in [2.45, 2.75) is 13.5 Å². The summed E-state index contributed by atoms with van der Waals surface area (Å²) in [4.78, 5) is 4.47. The van der Waals surface area contributed by atoms with Gasteiger partial charge in [0.15, 0.2) is 0 Å². The molecule has 0 spiro atoms. The molecule has 3 aromatic rings. The minimum absolute atomic E-state index is 0.777. The summed E-state index contributed by atoms with van der Waals surface area (Å²) in [5, 5.41) is 4.66. The molecule has 1 N–H and O–H groups in total. The van der Waals surface area contributed by atoms with Crippen LogP contribution in [0.25, 0.3) is 10.9 Å². The third-order valence-electron chi connectivity index (χ3n) is 3.44. The van der Waals surface area contributed by atoms with Crippen LogP contribution >= 0.6 is 31.9 Å². The minimum atomic E-state index is 0.777. The monoisotopic (exact) mass is 404 g/mol. The first kappa shape index (κ1) is 14.5. The van der Waals surface area contributed by atoms with Gasteiger partial charge in [-0.05, 0) is 80.2 Å². The minimum Gasteiger partial charge on any atom is -0.380 e. The Morgan fingerprint density at radius 1 is 1.05 bits per heavy atom. The predicted octanol–water partition coefficient (Wildman–Crippen LogP) is 5.68. The Balaban J connectivity index is 1.88. The first-order valence-corrected chi connectivity index (χ1v) is 8.26. The van der Waals surface area contributed by atoms with Gasteiger partial charge in [-0.2, -0.15) is 0 Å². The Morgan fingerprint density at radius 2 is 1.90 bits per heavy atom. The molecule has 1 aromatic heterocycles. The van der Waals surface area contributed by atoms with E-state index in [1.165, 1.54) is 11.1 Å². The molecule has 1 heterocycles. The molecule has 0 radical (unpaired) electrons. The highest BCUT2D eigenvalue weighted by molar-refractivity contribution is 9.13. The summed E-state index contributed by atoms with van der Waals surface area (Å²) in [5.41, 5.74) is 4.59. The summed E-state index contributed by atoms with van der Waals surface area (Å²) in [6.07, 6.45) is 1.84. The molecule has 0 atom stereocenters. The quantitative estimate of drug-likeness (QED) is 0.606. The molecule has 0 saturated heterocycles. The van der Waals surface area contributed by atoms with Gasteiger partial charge in [0, 0.05) is 32.8 Å². The number of fused-ring (bicyclic) bond motifs is 1. The summed E-state index contributed by atoms with van der Waals surface area (Å²) in [6.45, 7) is 2.86. The molecule has 4 heteroatoms. The van der Waals surface area contributed by atoms with Crippen LogP contribution in [0.3, 0.4) is 0 Å². The lowest BCUT2D eigenvalue weighted by Gasteiger charge is -2.11. The lowest BCUT2D eigenvalue weighted by atomic mass is 10.1. The zero-order chi connectivity index (χ0) is 14.8. The number of benzene rings is 2. The molecule has 0 unspecified atom stereocenters. The van der Waals surface area contributed by atoms with Crippen molar-refractivity contribution in [2.75, 3.05) is 5.32 Å². The number of aromatic nitrogens is 1. The van der Waals surface area contributed by atoms with Crippen LogP contribution in [-0.2, 0) is 6.54 Å². The first-order chi connectivity index (χ1) is 10.1. The number of aryl methyl sites for hydroxylation is 1. The number of rotatable bonds is 3. The Bertz CT molecular complexity index is 800. The van der Waals surface area contributed by atoms with Gasteiger partial charge in [0.05, 0.1) is 5.52 Å². The molecule has 0 bridgehead atoms. The molecule has 0 amide bonds. The van der Waals surface area contributed by atoms with Gasteiger partial charge in [-0.15, -0.1) is 0 Å². The van der Waals surface area contributed by atoms with E-state index in [2.05, 4.69) is 85.5 Å². The largest absolute Gasteiger partial charge is 0.380 e. The molecule has 0 aliphatic heterocycles. The van der Waals surface area contributed by atoms with Crippen LogP contribution in [0.2, 0.25) is 0 Å². The zero-order valence-electron chi connectivity index (χ0n) is 11.5. The van der Waals surface area contributed by atoms with Crippen molar-refractivity contribution >= 4 is 48.5 Å². The Morgan fingerprint density at radius 3 is 2.71 bits per heavy atom. The van der Waals surface area contributed by atoms with Crippen LogP contribution < -0.4 is 5.32 Å². The van der Waals surface area contributed by atoms with Gasteiger partial charge < -0.3 is 5.32 Å². The number of nitrogens with zero attached hydrogens (tertiary/aromatic N) is 1. The van der Waals surface area contributed by atoms with Gasteiger partial charge >= 0.3 is 0 Å². The SMILES string of the molecule is Cc1ccc(NCc2ccc(Br)c(Br)c2)c2cccnc12. The van der Waals surface area contributed by atoms with Gasteiger partial charge in [-0.1, -0.05) is 12.1 Å². The fourth-order valence-corrected chi connectivity index (χ4v) is 2.99. The molecule has 0 aliphatic carbocycles. The average Bonchev–Trinajstić information content (AvgIpc) is 2.50. The van der Waals surface area contributed by atoms with Crippen molar-refractivity contribution < 1.29 is 0 Å². The molecular weight excluding hydrogens is 392 g/mol. The summed E-state index contributed by atoms with van der Waals surface area (Å²) < 4.78 is 2.13. The molecular formula is C17H14Br2N2. The van der Waals surface area contributed by atoms with Gasteiger partial charge in [0.1, 0.15) is 0 Å². The third kappa shape index (κ3) is 3.11. The second-order valence-electron chi connectivity index (χ2n) is 4.93. The smallest absolute Gasteiger partial charge is 0.0751 e. The van der Waals surface area contributed by atoms with Crippen molar-refractivity contribution in [1.29, 1.82) is 0 Å². The summed E-state index contributed by atoms with van der Waals surface area (Å²) in [7, 11) is 0. The molecule has 3 rings (SSSR count). The lowest BCUT2D eigenvalue weighted by molar-refractivity contribution is 1.15. The number of anilines is 1. The summed E-state index contributed by atoms with van der Waals surface area (Å²) in [6, 6.07) is 14.6. The topological polar surface area (TPSA) is 24.9 Å². The normalized spacial score (nSPS) is 10.8. The van der Waals surface area contributed by atoms with E-state index in [1.54, 1.807) is 0 Å². The van der Waals surface area contributed by atoms with Gasteiger partial charge in [-0.3, -0.25) is 4.98 Å². The highest BCUT2D eigenvalue weighted by Gasteiger charge is 2.04. The second kappa shape index (κ2) is 6.16. The molecule has 0 fully saturated rings. The molecule has 2 nitrogen and oxygen atoms in total. The number of halogens is 2. The molecule has 0 aliphatic rings. The van der Waals surface area contributed by atoms with Gasteiger partial charge in [0.2, 0.25) is 0 Å². The van der Waals surface area contributed by atoms with Crippen LogP contribution in [0.4, 0.5) is 5.69 Å². The van der Waals surface area contributed by atoms with Crippen LogP contribution in [0, 0.1) is 6.92 Å². The maximum absolute atomic E-state index is 4.47. The number of nitrogens with one attached hydrogen (secondary N) is 1. The van der Waals surface area contributed by atoms with E-state index < -0.39 is 0 Å². The fraction of sp³-hybridized carbons (Fsp3) is 0.118. The van der Waals surface area contributed by atoms with E-state index in [9.17, 15) is 0 Å². The Kier molecular flexibility index (Phi) is 4.27. The van der Waals surface area contributed by atoms with E-state index in [-0.39, 0.29) is 0 Å². The van der Waals surface area contributed by atoms with Crippen molar-refractivity contribution in [3.8, 4) is 0 Å². The highest BCUT2D eigenvalue weighted by atomic mass is 79.9. The highest BCUT2D eigenvalue weighted by Crippen LogP contribution is 2.27. The maximum atomic E-state index is 4.47. The number of hydrogen-bond acceptors (Lipinski definition) is 2. The van der Waals surface area contributed by atoms with E-state index in [4.69, 9.17) is 0 Å². The van der Waals surface area contributed by atoms with E-state index in [1.807, 2.05) is 12.3 Å². The van der Waals surface area contributed by atoms with Gasteiger partial charge in [-0.25, -0.2) is 0 Å². The van der Waals surface area contributed by atoms with Crippen LogP contribution in [0.5, 0.6) is 0 Å². The first-order valence-electron chi connectivity index (χ1n) is 6.67. The summed E-state index contributed by atoms with van der Waals surface area (Å²) >= 11 is 7.03. The fourth-order valence-electron chi connectivity index (χ4n) is 2.31.